The summed E-state index contributed by atoms with van der Waals surface area (Å²) in [4.78, 5) is 4.03. The van der Waals surface area contributed by atoms with E-state index in [1.165, 1.54) is 42.7 Å². The molecule has 0 bridgehead atoms. The first-order valence-electron chi connectivity index (χ1n) is 8.96. The molecule has 0 aliphatic carbocycles. The van der Waals surface area contributed by atoms with Crippen LogP contribution in [0.2, 0.25) is 0 Å². The molecular formula is C20H18N2O6S2. The molecule has 1 N–H and O–H groups in total. The number of benzene rings is 2. The molecule has 2 aromatic carbocycles. The first-order chi connectivity index (χ1) is 14.4. The van der Waals surface area contributed by atoms with E-state index in [4.69, 9.17) is 9.47 Å². The molecule has 10 heteroatoms. The highest BCUT2D eigenvalue weighted by Gasteiger charge is 2.31. The number of pyridine rings is 1. The summed E-state index contributed by atoms with van der Waals surface area (Å²) in [6.07, 6.45) is 2.94. The maximum Gasteiger partial charge on any atom is 0.240 e. The van der Waals surface area contributed by atoms with Crippen molar-refractivity contribution >= 4 is 19.9 Å². The Morgan fingerprint density at radius 2 is 1.67 bits per heavy atom. The first kappa shape index (κ1) is 20.3. The van der Waals surface area contributed by atoms with Gasteiger partial charge in [0.25, 0.3) is 0 Å². The van der Waals surface area contributed by atoms with E-state index in [1.54, 1.807) is 30.3 Å². The van der Waals surface area contributed by atoms with E-state index in [2.05, 4.69) is 9.71 Å². The Morgan fingerprint density at radius 3 is 2.40 bits per heavy atom. The van der Waals surface area contributed by atoms with Crippen molar-refractivity contribution in [3.8, 4) is 11.5 Å². The number of hydrogen-bond donors (Lipinski definition) is 1. The summed E-state index contributed by atoms with van der Waals surface area (Å²) < 4.78 is 64.9. The first-order valence-corrected chi connectivity index (χ1v) is 12.0. The van der Waals surface area contributed by atoms with Gasteiger partial charge >= 0.3 is 0 Å². The predicted octanol–water partition coefficient (Wildman–Crippen LogP) is 2.30. The van der Waals surface area contributed by atoms with Crippen LogP contribution < -0.4 is 14.2 Å². The molecule has 2 heterocycles. The van der Waals surface area contributed by atoms with Gasteiger partial charge in [0.1, 0.15) is 5.25 Å². The van der Waals surface area contributed by atoms with Crippen molar-refractivity contribution in [2.24, 2.45) is 0 Å². The molecule has 0 saturated carbocycles. The second-order valence-electron chi connectivity index (χ2n) is 6.50. The molecule has 1 aromatic heterocycles. The van der Waals surface area contributed by atoms with Crippen LogP contribution in [0.25, 0.3) is 0 Å². The third-order valence-corrected chi connectivity index (χ3v) is 8.15. The van der Waals surface area contributed by atoms with Crippen LogP contribution in [0.1, 0.15) is 10.8 Å². The summed E-state index contributed by atoms with van der Waals surface area (Å²) in [5.41, 5.74) is 0.384. The third kappa shape index (κ3) is 4.02. The van der Waals surface area contributed by atoms with Gasteiger partial charge in [-0.3, -0.25) is 4.98 Å². The van der Waals surface area contributed by atoms with Crippen LogP contribution in [0.5, 0.6) is 11.5 Å². The summed E-state index contributed by atoms with van der Waals surface area (Å²) in [6, 6.07) is 15.3. The molecule has 0 fully saturated rings. The Bertz CT molecular complexity index is 1250. The Labute approximate surface area is 174 Å². The van der Waals surface area contributed by atoms with Gasteiger partial charge in [-0.1, -0.05) is 24.3 Å². The molecule has 0 amide bonds. The third-order valence-electron chi connectivity index (χ3n) is 4.62. The number of fused-ring (bicyclic) bond motifs is 1. The van der Waals surface area contributed by atoms with Crippen LogP contribution in [-0.4, -0.2) is 35.2 Å². The average Bonchev–Trinajstić information content (AvgIpc) is 3.23. The zero-order valence-corrected chi connectivity index (χ0v) is 17.3. The zero-order chi connectivity index (χ0) is 21.2. The van der Waals surface area contributed by atoms with Crippen molar-refractivity contribution in [1.82, 2.24) is 9.71 Å². The van der Waals surface area contributed by atoms with Gasteiger partial charge in [-0.05, 0) is 35.9 Å². The highest BCUT2D eigenvalue weighted by molar-refractivity contribution is 7.92. The number of nitrogens with zero attached hydrogens (tertiary/aromatic N) is 1. The Kier molecular flexibility index (Phi) is 5.46. The molecule has 0 radical (unpaired) electrons. The quantitative estimate of drug-likeness (QED) is 0.593. The maximum atomic E-state index is 13.2. The number of rotatable bonds is 7. The van der Waals surface area contributed by atoms with Gasteiger partial charge in [-0.2, -0.15) is 0 Å². The van der Waals surface area contributed by atoms with E-state index in [0.717, 1.165) is 0 Å². The molecule has 1 aliphatic rings. The van der Waals surface area contributed by atoms with Crippen molar-refractivity contribution < 1.29 is 26.3 Å². The van der Waals surface area contributed by atoms with Gasteiger partial charge in [-0.25, -0.2) is 21.6 Å². The Morgan fingerprint density at radius 1 is 0.900 bits per heavy atom. The van der Waals surface area contributed by atoms with Crippen molar-refractivity contribution in [2.45, 2.75) is 15.0 Å². The van der Waals surface area contributed by atoms with Crippen molar-refractivity contribution in [3.05, 3.63) is 78.6 Å². The number of aromatic nitrogens is 1. The van der Waals surface area contributed by atoms with Crippen molar-refractivity contribution in [1.29, 1.82) is 0 Å². The van der Waals surface area contributed by atoms with Crippen LogP contribution >= 0.6 is 0 Å². The minimum absolute atomic E-state index is 0.0185. The summed E-state index contributed by atoms with van der Waals surface area (Å²) in [7, 11) is -7.88. The fraction of sp³-hybridized carbons (Fsp3) is 0.150. The molecule has 0 spiro atoms. The standard InChI is InChI=1S/C20H18N2O6S2/c23-29(24,16-6-2-1-3-7-16)20(15-5-4-10-21-12-15)13-22-30(25,26)17-8-9-18-19(11-17)28-14-27-18/h1-12,20,22H,13-14H2/t20-/m0/s1. The lowest BCUT2D eigenvalue weighted by Gasteiger charge is -2.19. The summed E-state index contributed by atoms with van der Waals surface area (Å²) in [5.74, 6) is 0.771. The number of ether oxygens (including phenoxy) is 2. The average molecular weight is 447 g/mol. The van der Waals surface area contributed by atoms with Crippen LogP contribution in [0.4, 0.5) is 0 Å². The molecule has 30 heavy (non-hydrogen) atoms. The molecule has 1 atom stereocenters. The van der Waals surface area contributed by atoms with Crippen molar-refractivity contribution in [3.63, 3.8) is 0 Å². The van der Waals surface area contributed by atoms with Crippen LogP contribution in [0.3, 0.4) is 0 Å². The highest BCUT2D eigenvalue weighted by atomic mass is 32.2. The second kappa shape index (κ2) is 8.05. The fourth-order valence-electron chi connectivity index (χ4n) is 3.06. The number of hydrogen-bond acceptors (Lipinski definition) is 7. The molecule has 1 aliphatic heterocycles. The minimum Gasteiger partial charge on any atom is -0.454 e. The van der Waals surface area contributed by atoms with Gasteiger partial charge in [0.15, 0.2) is 21.3 Å². The summed E-state index contributed by atoms with van der Waals surface area (Å²) in [5, 5.41) is -1.16. The Balaban J connectivity index is 1.64. The van der Waals surface area contributed by atoms with E-state index < -0.39 is 25.1 Å². The van der Waals surface area contributed by atoms with Gasteiger partial charge < -0.3 is 9.47 Å². The molecule has 4 rings (SSSR count). The lowest BCUT2D eigenvalue weighted by Crippen LogP contribution is -2.32. The molecule has 0 saturated heterocycles. The van der Waals surface area contributed by atoms with Crippen molar-refractivity contribution in [2.75, 3.05) is 13.3 Å². The summed E-state index contributed by atoms with van der Waals surface area (Å²) >= 11 is 0. The molecule has 156 valence electrons. The largest absolute Gasteiger partial charge is 0.454 e. The topological polar surface area (TPSA) is 112 Å². The lowest BCUT2D eigenvalue weighted by atomic mass is 10.2. The van der Waals surface area contributed by atoms with Crippen LogP contribution in [-0.2, 0) is 19.9 Å². The summed E-state index contributed by atoms with van der Waals surface area (Å²) in [6.45, 7) is -0.343. The Hall–Kier alpha value is -2.95. The molecule has 8 nitrogen and oxygen atoms in total. The number of sulfonamides is 1. The zero-order valence-electron chi connectivity index (χ0n) is 15.6. The van der Waals surface area contributed by atoms with Gasteiger partial charge in [0.05, 0.1) is 9.79 Å². The van der Waals surface area contributed by atoms with Crippen LogP contribution in [0.15, 0.2) is 82.8 Å². The smallest absolute Gasteiger partial charge is 0.240 e. The second-order valence-corrected chi connectivity index (χ2v) is 10.4. The highest BCUT2D eigenvalue weighted by Crippen LogP contribution is 2.34. The molecule has 3 aromatic rings. The van der Waals surface area contributed by atoms with E-state index in [9.17, 15) is 16.8 Å². The molecular weight excluding hydrogens is 428 g/mol. The van der Waals surface area contributed by atoms with Gasteiger partial charge in [-0.15, -0.1) is 0 Å². The number of sulfone groups is 1. The van der Waals surface area contributed by atoms with E-state index in [1.807, 2.05) is 0 Å². The van der Waals surface area contributed by atoms with E-state index >= 15 is 0 Å². The normalized spacial score (nSPS) is 14.4. The number of nitrogens with one attached hydrogen (secondary N) is 1. The van der Waals surface area contributed by atoms with E-state index in [-0.39, 0.29) is 23.1 Å². The molecule has 0 unspecified atom stereocenters. The minimum atomic E-state index is -4.00. The van der Waals surface area contributed by atoms with Gasteiger partial charge in [0, 0.05) is 25.0 Å². The maximum absolute atomic E-state index is 13.2. The fourth-order valence-corrected chi connectivity index (χ4v) is 5.89. The SMILES string of the molecule is O=S(=O)(NC[C@@H](c1cccnc1)S(=O)(=O)c1ccccc1)c1ccc2c(c1)OCO2. The van der Waals surface area contributed by atoms with Gasteiger partial charge in [0.2, 0.25) is 16.8 Å². The van der Waals surface area contributed by atoms with Crippen LogP contribution in [0, 0.1) is 0 Å². The van der Waals surface area contributed by atoms with E-state index in [0.29, 0.717) is 17.1 Å². The lowest BCUT2D eigenvalue weighted by molar-refractivity contribution is 0.174. The predicted molar refractivity (Wildman–Crippen MR) is 108 cm³/mol. The monoisotopic (exact) mass is 446 g/mol.